The van der Waals surface area contributed by atoms with Crippen molar-refractivity contribution in [1.82, 2.24) is 10.3 Å². The van der Waals surface area contributed by atoms with Gasteiger partial charge in [0.1, 0.15) is 0 Å². The average molecular weight is 308 g/mol. The van der Waals surface area contributed by atoms with Crippen LogP contribution >= 0.6 is 11.8 Å². The van der Waals surface area contributed by atoms with Gasteiger partial charge in [0.05, 0.1) is 4.90 Å². The van der Waals surface area contributed by atoms with Crippen LogP contribution in [0.5, 0.6) is 0 Å². The zero-order chi connectivity index (χ0) is 14.3. The Morgan fingerprint density at radius 3 is 2.15 bits per heavy atom. The van der Waals surface area contributed by atoms with Crippen molar-refractivity contribution in [1.29, 1.82) is 0 Å². The first-order valence-corrected chi connectivity index (χ1v) is 8.63. The molecule has 0 unspecified atom stereocenters. The number of benzene rings is 2. The molecule has 0 amide bonds. The summed E-state index contributed by atoms with van der Waals surface area (Å²) >= 11 is 1.67. The number of nitrogens with one attached hydrogen (secondary N) is 2. The van der Waals surface area contributed by atoms with E-state index in [1.165, 1.54) is 4.90 Å². The van der Waals surface area contributed by atoms with Gasteiger partial charge in [-0.3, -0.25) is 0 Å². The average Bonchev–Trinajstić information content (AvgIpc) is 2.49. The minimum atomic E-state index is -3.48. The first-order valence-electron chi connectivity index (χ1n) is 6.16. The fourth-order valence-corrected chi connectivity index (χ4v) is 3.26. The monoisotopic (exact) mass is 308 g/mol. The molecule has 2 N–H and O–H groups in total. The van der Waals surface area contributed by atoms with E-state index in [-0.39, 0.29) is 4.90 Å². The van der Waals surface area contributed by atoms with Crippen molar-refractivity contribution in [2.24, 2.45) is 0 Å². The van der Waals surface area contributed by atoms with Crippen molar-refractivity contribution in [3.63, 3.8) is 0 Å². The van der Waals surface area contributed by atoms with Crippen LogP contribution in [0.1, 0.15) is 0 Å². The van der Waals surface area contributed by atoms with Crippen molar-refractivity contribution in [2.45, 2.75) is 9.79 Å². The van der Waals surface area contributed by atoms with Crippen LogP contribution in [0.2, 0.25) is 0 Å². The molecule has 6 heteroatoms. The molecule has 4 nitrogen and oxygen atoms in total. The highest BCUT2D eigenvalue weighted by Crippen LogP contribution is 2.15. The summed E-state index contributed by atoms with van der Waals surface area (Å²) in [7, 11) is -3.48. The lowest BCUT2D eigenvalue weighted by Gasteiger charge is -2.08. The largest absolute Gasteiger partial charge is 0.253 e. The number of hydrogen-bond acceptors (Lipinski definition) is 4. The number of rotatable bonds is 7. The van der Waals surface area contributed by atoms with E-state index in [4.69, 9.17) is 0 Å². The maximum Gasteiger partial charge on any atom is 0.253 e. The van der Waals surface area contributed by atoms with Crippen LogP contribution in [0.4, 0.5) is 0 Å². The maximum absolute atomic E-state index is 11.9. The molecule has 0 saturated carbocycles. The fraction of sp³-hybridized carbons (Fsp3) is 0.143. The summed E-state index contributed by atoms with van der Waals surface area (Å²) in [5, 5.41) is 0. The Labute approximate surface area is 123 Å². The molecule has 2 aromatic rings. The molecule has 106 valence electrons. The van der Waals surface area contributed by atoms with Crippen LogP contribution in [-0.2, 0) is 10.0 Å². The molecular weight excluding hydrogens is 292 g/mol. The lowest BCUT2D eigenvalue weighted by Crippen LogP contribution is -2.38. The third-order valence-electron chi connectivity index (χ3n) is 2.50. The number of sulfonamides is 1. The third-order valence-corrected chi connectivity index (χ3v) is 4.82. The number of thioether (sulfide) groups is 1. The van der Waals surface area contributed by atoms with Gasteiger partial charge in [-0.1, -0.05) is 36.4 Å². The molecule has 0 aliphatic heterocycles. The van der Waals surface area contributed by atoms with Crippen molar-refractivity contribution < 1.29 is 8.42 Å². The summed E-state index contributed by atoms with van der Waals surface area (Å²) in [5.41, 5.74) is 2.74. The van der Waals surface area contributed by atoms with Crippen LogP contribution in [0.15, 0.2) is 70.5 Å². The van der Waals surface area contributed by atoms with Gasteiger partial charge >= 0.3 is 0 Å². The van der Waals surface area contributed by atoms with Gasteiger partial charge in [0.25, 0.3) is 10.0 Å². The Morgan fingerprint density at radius 2 is 1.50 bits per heavy atom. The highest BCUT2D eigenvalue weighted by Gasteiger charge is 2.11. The molecule has 0 aliphatic carbocycles. The standard InChI is InChI=1S/C14H16N2O2S2/c17-20(18,14-9-5-2-6-10-14)16-15-11-12-19-13-7-3-1-4-8-13/h1-10,15-16H,11-12H2. The molecule has 0 fully saturated rings. The Hall–Kier alpha value is -1.34. The molecule has 0 radical (unpaired) electrons. The van der Waals surface area contributed by atoms with Gasteiger partial charge < -0.3 is 0 Å². The fourth-order valence-electron chi connectivity index (χ4n) is 1.54. The van der Waals surface area contributed by atoms with Gasteiger partial charge in [0.2, 0.25) is 0 Å². The van der Waals surface area contributed by atoms with Gasteiger partial charge in [-0.05, 0) is 24.3 Å². The Morgan fingerprint density at radius 1 is 0.900 bits per heavy atom. The molecule has 0 aliphatic rings. The van der Waals surface area contributed by atoms with Crippen molar-refractivity contribution in [3.05, 3.63) is 60.7 Å². The van der Waals surface area contributed by atoms with E-state index in [1.54, 1.807) is 42.1 Å². The second-order valence-electron chi connectivity index (χ2n) is 4.01. The Balaban J connectivity index is 1.74. The third kappa shape index (κ3) is 4.64. The minimum Gasteiger partial charge on any atom is -0.243 e. The SMILES string of the molecule is O=S(=O)(NNCCSc1ccccc1)c1ccccc1. The van der Waals surface area contributed by atoms with E-state index in [1.807, 2.05) is 30.3 Å². The maximum atomic E-state index is 11.9. The zero-order valence-corrected chi connectivity index (χ0v) is 12.5. The quantitative estimate of drug-likeness (QED) is 0.468. The van der Waals surface area contributed by atoms with Crippen LogP contribution < -0.4 is 10.3 Å². The minimum absolute atomic E-state index is 0.253. The highest BCUT2D eigenvalue weighted by molar-refractivity contribution is 7.99. The number of hydrazine groups is 1. The summed E-state index contributed by atoms with van der Waals surface area (Å²) in [6.45, 7) is 0.547. The molecule has 2 rings (SSSR count). The van der Waals surface area contributed by atoms with Crippen LogP contribution in [0.3, 0.4) is 0 Å². The van der Waals surface area contributed by atoms with E-state index >= 15 is 0 Å². The zero-order valence-electron chi connectivity index (χ0n) is 10.8. The molecule has 20 heavy (non-hydrogen) atoms. The second-order valence-corrected chi connectivity index (χ2v) is 6.86. The van der Waals surface area contributed by atoms with Crippen LogP contribution in [0, 0.1) is 0 Å². The summed E-state index contributed by atoms with van der Waals surface area (Å²) in [5.74, 6) is 0.779. The molecule has 0 saturated heterocycles. The van der Waals surface area contributed by atoms with E-state index < -0.39 is 10.0 Å². The van der Waals surface area contributed by atoms with E-state index in [0.29, 0.717) is 6.54 Å². The predicted octanol–water partition coefficient (Wildman–Crippen LogP) is 2.26. The number of hydrogen-bond donors (Lipinski definition) is 2. The Bertz CT molecular complexity index is 616. The van der Waals surface area contributed by atoms with Gasteiger partial charge in [0, 0.05) is 17.2 Å². The first-order chi connectivity index (χ1) is 9.68. The Kier molecular flexibility index (Phi) is 5.60. The van der Waals surface area contributed by atoms with E-state index in [9.17, 15) is 8.42 Å². The van der Waals surface area contributed by atoms with Gasteiger partial charge in [-0.15, -0.1) is 16.6 Å². The van der Waals surface area contributed by atoms with Crippen molar-refractivity contribution in [2.75, 3.05) is 12.3 Å². The van der Waals surface area contributed by atoms with Gasteiger partial charge in [-0.25, -0.2) is 13.8 Å². The lowest BCUT2D eigenvalue weighted by atomic mass is 10.4. The molecule has 0 spiro atoms. The molecule has 0 aromatic heterocycles. The first kappa shape index (κ1) is 15.1. The topological polar surface area (TPSA) is 58.2 Å². The summed E-state index contributed by atoms with van der Waals surface area (Å²) < 4.78 is 23.8. The lowest BCUT2D eigenvalue weighted by molar-refractivity contribution is 0.562. The normalized spacial score (nSPS) is 11.4. The van der Waals surface area contributed by atoms with Crippen molar-refractivity contribution >= 4 is 21.8 Å². The second kappa shape index (κ2) is 7.44. The van der Waals surface area contributed by atoms with Gasteiger partial charge in [0.15, 0.2) is 0 Å². The molecule has 0 atom stereocenters. The van der Waals surface area contributed by atoms with Gasteiger partial charge in [-0.2, -0.15) is 0 Å². The van der Waals surface area contributed by atoms with Crippen LogP contribution in [0.25, 0.3) is 0 Å². The van der Waals surface area contributed by atoms with Crippen molar-refractivity contribution in [3.8, 4) is 0 Å². The summed E-state index contributed by atoms with van der Waals surface area (Å²) in [6, 6.07) is 18.3. The van der Waals surface area contributed by atoms with E-state index in [2.05, 4.69) is 10.3 Å². The predicted molar refractivity (Wildman–Crippen MR) is 81.9 cm³/mol. The molecule has 2 aromatic carbocycles. The highest BCUT2D eigenvalue weighted by atomic mass is 32.2. The summed E-state index contributed by atoms with van der Waals surface area (Å²) in [4.78, 5) is 3.79. The molecule has 0 heterocycles. The molecular formula is C14H16N2O2S2. The van der Waals surface area contributed by atoms with Crippen LogP contribution in [-0.4, -0.2) is 20.7 Å². The molecule has 0 bridgehead atoms. The van der Waals surface area contributed by atoms with E-state index in [0.717, 1.165) is 5.75 Å². The summed E-state index contributed by atoms with van der Waals surface area (Å²) in [6.07, 6.45) is 0. The smallest absolute Gasteiger partial charge is 0.243 e.